The van der Waals surface area contributed by atoms with Crippen molar-refractivity contribution in [1.29, 1.82) is 0 Å². The zero-order valence-corrected chi connectivity index (χ0v) is 10.4. The van der Waals surface area contributed by atoms with Gasteiger partial charge in [0.1, 0.15) is 5.75 Å². The van der Waals surface area contributed by atoms with E-state index in [2.05, 4.69) is 35.3 Å². The molecule has 1 unspecified atom stereocenters. The highest BCUT2D eigenvalue weighted by Crippen LogP contribution is 2.30. The van der Waals surface area contributed by atoms with E-state index in [4.69, 9.17) is 4.74 Å². The molecule has 2 heterocycles. The Morgan fingerprint density at radius 3 is 2.94 bits per heavy atom. The number of ether oxygens (including phenoxy) is 1. The maximum Gasteiger partial charge on any atom is 0.122 e. The minimum absolute atomic E-state index is 0.517. The molecule has 0 aromatic heterocycles. The van der Waals surface area contributed by atoms with Crippen molar-refractivity contribution in [2.45, 2.75) is 19.4 Å². The van der Waals surface area contributed by atoms with Gasteiger partial charge in [0.25, 0.3) is 0 Å². The van der Waals surface area contributed by atoms with Crippen molar-refractivity contribution in [3.63, 3.8) is 0 Å². The largest absolute Gasteiger partial charge is 0.493 e. The van der Waals surface area contributed by atoms with Crippen LogP contribution in [0.5, 0.6) is 5.75 Å². The van der Waals surface area contributed by atoms with Crippen molar-refractivity contribution in [3.8, 4) is 5.75 Å². The normalized spacial score (nSPS) is 21.9. The number of hydrogen-bond acceptors (Lipinski definition) is 3. The molecule has 1 aromatic rings. The summed E-state index contributed by atoms with van der Waals surface area (Å²) in [7, 11) is 0. The maximum atomic E-state index is 5.56. The fourth-order valence-corrected chi connectivity index (χ4v) is 2.75. The van der Waals surface area contributed by atoms with Crippen molar-refractivity contribution in [2.75, 3.05) is 32.8 Å². The third-order valence-electron chi connectivity index (χ3n) is 3.90. The number of piperazine rings is 1. The molecule has 2 aliphatic heterocycles. The molecule has 3 rings (SSSR count). The van der Waals surface area contributed by atoms with Crippen LogP contribution < -0.4 is 10.1 Å². The molecule has 2 aliphatic rings. The minimum atomic E-state index is 0.517. The molecule has 1 N–H and O–H groups in total. The van der Waals surface area contributed by atoms with Gasteiger partial charge in [-0.15, -0.1) is 0 Å². The van der Waals surface area contributed by atoms with Crippen LogP contribution >= 0.6 is 0 Å². The van der Waals surface area contributed by atoms with Gasteiger partial charge < -0.3 is 10.1 Å². The highest BCUT2D eigenvalue weighted by atomic mass is 16.5. The third kappa shape index (κ3) is 2.17. The van der Waals surface area contributed by atoms with Crippen molar-refractivity contribution in [3.05, 3.63) is 29.3 Å². The van der Waals surface area contributed by atoms with Gasteiger partial charge in [0.05, 0.1) is 6.61 Å². The van der Waals surface area contributed by atoms with Gasteiger partial charge in [-0.3, -0.25) is 4.90 Å². The molecule has 1 fully saturated rings. The Morgan fingerprint density at radius 1 is 1.29 bits per heavy atom. The highest BCUT2D eigenvalue weighted by molar-refractivity contribution is 5.40. The van der Waals surface area contributed by atoms with Gasteiger partial charge in [-0.2, -0.15) is 0 Å². The summed E-state index contributed by atoms with van der Waals surface area (Å²) in [5.41, 5.74) is 2.81. The summed E-state index contributed by atoms with van der Waals surface area (Å²) in [5, 5.41) is 3.40. The Bertz CT molecular complexity index is 399. The molecule has 0 amide bonds. The first-order valence-electron chi connectivity index (χ1n) is 6.55. The maximum absolute atomic E-state index is 5.56. The van der Waals surface area contributed by atoms with E-state index in [9.17, 15) is 0 Å². The Hall–Kier alpha value is -1.06. The Labute approximate surface area is 103 Å². The second kappa shape index (κ2) is 4.67. The van der Waals surface area contributed by atoms with E-state index < -0.39 is 0 Å². The Morgan fingerprint density at radius 2 is 2.12 bits per heavy atom. The van der Waals surface area contributed by atoms with Gasteiger partial charge in [-0.1, -0.05) is 12.1 Å². The summed E-state index contributed by atoms with van der Waals surface area (Å²) >= 11 is 0. The first-order chi connectivity index (χ1) is 8.34. The zero-order chi connectivity index (χ0) is 11.7. The first kappa shape index (κ1) is 11.1. The van der Waals surface area contributed by atoms with Gasteiger partial charge in [-0.25, -0.2) is 0 Å². The molecule has 0 spiro atoms. The molecule has 1 aromatic carbocycles. The summed E-state index contributed by atoms with van der Waals surface area (Å²) in [6.45, 7) is 7.67. The molecule has 0 aliphatic carbocycles. The number of fused-ring (bicyclic) bond motifs is 1. The van der Waals surface area contributed by atoms with Crippen LogP contribution in [-0.4, -0.2) is 37.7 Å². The zero-order valence-electron chi connectivity index (χ0n) is 10.4. The highest BCUT2D eigenvalue weighted by Gasteiger charge is 2.20. The molecule has 0 radical (unpaired) electrons. The van der Waals surface area contributed by atoms with Crippen molar-refractivity contribution in [2.24, 2.45) is 0 Å². The van der Waals surface area contributed by atoms with Gasteiger partial charge in [0, 0.05) is 38.6 Å². The van der Waals surface area contributed by atoms with Crippen LogP contribution in [-0.2, 0) is 6.42 Å². The standard InChI is InChI=1S/C14H20N2O/c1-11(16-7-5-15-6-8-16)12-2-3-14-13(10-12)4-9-17-14/h2-3,10-11,15H,4-9H2,1H3. The summed E-state index contributed by atoms with van der Waals surface area (Å²) in [4.78, 5) is 2.55. The molecule has 17 heavy (non-hydrogen) atoms. The number of benzene rings is 1. The molecule has 92 valence electrons. The predicted molar refractivity (Wildman–Crippen MR) is 68.5 cm³/mol. The van der Waals surface area contributed by atoms with E-state index >= 15 is 0 Å². The summed E-state index contributed by atoms with van der Waals surface area (Å²) < 4.78 is 5.56. The monoisotopic (exact) mass is 232 g/mol. The Kier molecular flexibility index (Phi) is 3.04. The van der Waals surface area contributed by atoms with Crippen LogP contribution in [0, 0.1) is 0 Å². The molecule has 3 heteroatoms. The van der Waals surface area contributed by atoms with E-state index in [0.29, 0.717) is 6.04 Å². The second-order valence-electron chi connectivity index (χ2n) is 4.93. The number of nitrogens with one attached hydrogen (secondary N) is 1. The van der Waals surface area contributed by atoms with Crippen LogP contribution in [0.15, 0.2) is 18.2 Å². The number of nitrogens with zero attached hydrogens (tertiary/aromatic N) is 1. The van der Waals surface area contributed by atoms with Crippen molar-refractivity contribution < 1.29 is 4.74 Å². The minimum Gasteiger partial charge on any atom is -0.493 e. The first-order valence-corrected chi connectivity index (χ1v) is 6.55. The smallest absolute Gasteiger partial charge is 0.122 e. The molecular weight excluding hydrogens is 212 g/mol. The molecule has 0 saturated carbocycles. The average molecular weight is 232 g/mol. The third-order valence-corrected chi connectivity index (χ3v) is 3.90. The van der Waals surface area contributed by atoms with E-state index in [1.165, 1.54) is 11.1 Å². The van der Waals surface area contributed by atoms with Crippen LogP contribution in [0.1, 0.15) is 24.1 Å². The number of hydrogen-bond donors (Lipinski definition) is 1. The molecule has 3 nitrogen and oxygen atoms in total. The lowest BCUT2D eigenvalue weighted by atomic mass is 10.0. The van der Waals surface area contributed by atoms with Gasteiger partial charge >= 0.3 is 0 Å². The quantitative estimate of drug-likeness (QED) is 0.838. The van der Waals surface area contributed by atoms with Gasteiger partial charge in [0.2, 0.25) is 0 Å². The topological polar surface area (TPSA) is 24.5 Å². The lowest BCUT2D eigenvalue weighted by molar-refractivity contribution is 0.185. The van der Waals surface area contributed by atoms with E-state index in [1.807, 2.05) is 0 Å². The van der Waals surface area contributed by atoms with Gasteiger partial charge in [-0.05, 0) is 24.1 Å². The molecule has 1 atom stereocenters. The fourth-order valence-electron chi connectivity index (χ4n) is 2.75. The summed E-state index contributed by atoms with van der Waals surface area (Å²) in [6, 6.07) is 7.20. The van der Waals surface area contributed by atoms with Crippen LogP contribution in [0.4, 0.5) is 0 Å². The van der Waals surface area contributed by atoms with Gasteiger partial charge in [0.15, 0.2) is 0 Å². The second-order valence-corrected chi connectivity index (χ2v) is 4.93. The number of rotatable bonds is 2. The van der Waals surface area contributed by atoms with E-state index in [-0.39, 0.29) is 0 Å². The fraction of sp³-hybridized carbons (Fsp3) is 0.571. The molecule has 1 saturated heterocycles. The SMILES string of the molecule is CC(c1ccc2c(c1)CCO2)N1CCNCC1. The lowest BCUT2D eigenvalue weighted by Crippen LogP contribution is -2.44. The molecule has 0 bridgehead atoms. The van der Waals surface area contributed by atoms with E-state index in [0.717, 1.165) is 45.0 Å². The van der Waals surface area contributed by atoms with E-state index in [1.54, 1.807) is 0 Å². The lowest BCUT2D eigenvalue weighted by Gasteiger charge is -2.33. The average Bonchev–Trinajstić information content (AvgIpc) is 2.86. The van der Waals surface area contributed by atoms with Crippen molar-refractivity contribution >= 4 is 0 Å². The summed E-state index contributed by atoms with van der Waals surface area (Å²) in [5.74, 6) is 1.08. The van der Waals surface area contributed by atoms with Crippen molar-refractivity contribution in [1.82, 2.24) is 10.2 Å². The Balaban J connectivity index is 1.78. The van der Waals surface area contributed by atoms with Crippen LogP contribution in [0.2, 0.25) is 0 Å². The van der Waals surface area contributed by atoms with Crippen LogP contribution in [0.3, 0.4) is 0 Å². The van der Waals surface area contributed by atoms with Crippen LogP contribution in [0.25, 0.3) is 0 Å². The molecular formula is C14H20N2O. The summed E-state index contributed by atoms with van der Waals surface area (Å²) in [6.07, 6.45) is 1.07. The predicted octanol–water partition coefficient (Wildman–Crippen LogP) is 1.59.